The molecule has 0 saturated carbocycles. The van der Waals surface area contributed by atoms with E-state index >= 15 is 0 Å². The first-order valence-corrected chi connectivity index (χ1v) is 14.2. The Hall–Kier alpha value is -3.51. The van der Waals surface area contributed by atoms with Gasteiger partial charge in [-0.3, -0.25) is 14.5 Å². The van der Waals surface area contributed by atoms with Crippen LogP contribution in [0.25, 0.3) is 17.0 Å². The normalized spacial score (nSPS) is 11.7. The van der Waals surface area contributed by atoms with Gasteiger partial charge >= 0.3 is 5.97 Å². The maximum absolute atomic E-state index is 12.3. The Kier molecular flexibility index (Phi) is 11.7. The summed E-state index contributed by atoms with van der Waals surface area (Å²) < 4.78 is 8.31. The lowest BCUT2D eigenvalue weighted by Gasteiger charge is -2.29. The molecule has 0 aliphatic heterocycles. The maximum Gasteiger partial charge on any atom is 0.305 e. The minimum atomic E-state index is -0.0863. The Labute approximate surface area is 234 Å². The largest absolute Gasteiger partial charge is 0.466 e. The van der Waals surface area contributed by atoms with Crippen LogP contribution in [-0.4, -0.2) is 50.2 Å². The van der Waals surface area contributed by atoms with E-state index in [9.17, 15) is 9.59 Å². The van der Waals surface area contributed by atoms with Crippen LogP contribution < -0.4 is 9.47 Å². The number of hydrogen-bond donors (Lipinski definition) is 0. The Bertz CT molecular complexity index is 1240. The zero-order valence-corrected chi connectivity index (χ0v) is 24.1. The Morgan fingerprint density at radius 1 is 0.897 bits per heavy atom. The van der Waals surface area contributed by atoms with Crippen LogP contribution in [0.5, 0.6) is 0 Å². The molecule has 3 aromatic rings. The number of rotatable bonds is 15. The number of nitrogens with zero attached hydrogens (tertiary/aromatic N) is 3. The molecule has 6 heteroatoms. The highest BCUT2D eigenvalue weighted by molar-refractivity contribution is 5.95. The van der Waals surface area contributed by atoms with E-state index in [1.54, 1.807) is 11.8 Å². The first-order chi connectivity index (χ1) is 18.8. The highest BCUT2D eigenvalue weighted by atomic mass is 16.5. The minimum absolute atomic E-state index is 0.0217. The highest BCUT2D eigenvalue weighted by Crippen LogP contribution is 2.20. The molecule has 0 bridgehead atoms. The van der Waals surface area contributed by atoms with Crippen molar-refractivity contribution in [2.24, 2.45) is 0 Å². The van der Waals surface area contributed by atoms with Crippen LogP contribution in [0.1, 0.15) is 57.9 Å². The Morgan fingerprint density at radius 2 is 1.59 bits per heavy atom. The molecule has 0 unspecified atom stereocenters. The van der Waals surface area contributed by atoms with Gasteiger partial charge < -0.3 is 9.22 Å². The van der Waals surface area contributed by atoms with Gasteiger partial charge in [0.1, 0.15) is 6.54 Å². The smallest absolute Gasteiger partial charge is 0.305 e. The standard InChI is InChI=1S/C33H45N3O3/c1-5-39-33(38)20-15-27-36(3,4)26-14-7-6-13-23-34-24-21-29(31-18-11-12-19-32(31)34)22-25-35(28(2)37)30-16-9-8-10-17-30/h8-12,16-19,21-22,24-25H,5-7,13-15,20,23,26-27H2,1-4H3/q+2. The molecule has 2 aromatic carbocycles. The predicted molar refractivity (Wildman–Crippen MR) is 159 cm³/mol. The summed E-state index contributed by atoms with van der Waals surface area (Å²) in [6, 6.07) is 20.3. The number of anilines is 1. The molecule has 39 heavy (non-hydrogen) atoms. The third kappa shape index (κ3) is 9.63. The van der Waals surface area contributed by atoms with Gasteiger partial charge in [-0.25, -0.2) is 0 Å². The van der Waals surface area contributed by atoms with Crippen LogP contribution >= 0.6 is 0 Å². The SMILES string of the molecule is CCOC(=O)CCC[N+](C)(C)CCCCCC[n+]1ccc(/C=C/N(C(C)=O)c2ccccc2)c2ccccc21. The van der Waals surface area contributed by atoms with Crippen LogP contribution in [0.3, 0.4) is 0 Å². The first-order valence-electron chi connectivity index (χ1n) is 14.2. The number of carbonyl (C=O) groups excluding carboxylic acids is 2. The van der Waals surface area contributed by atoms with E-state index in [-0.39, 0.29) is 11.9 Å². The zero-order chi connectivity index (χ0) is 28.1. The molecule has 0 atom stereocenters. The number of ether oxygens (including phenoxy) is 1. The molecule has 3 rings (SSSR count). The molecular formula is C33H45N3O3+2. The molecule has 1 aromatic heterocycles. The molecular weight excluding hydrogens is 486 g/mol. The summed E-state index contributed by atoms with van der Waals surface area (Å²) in [6.07, 6.45) is 12.1. The molecule has 1 amide bonds. The van der Waals surface area contributed by atoms with Crippen molar-refractivity contribution in [1.29, 1.82) is 0 Å². The van der Waals surface area contributed by atoms with Crippen molar-refractivity contribution in [3.63, 3.8) is 0 Å². The van der Waals surface area contributed by atoms with Crippen LogP contribution in [0.2, 0.25) is 0 Å². The number of aromatic nitrogens is 1. The number of para-hydroxylation sites is 2. The van der Waals surface area contributed by atoms with Crippen molar-refractivity contribution < 1.29 is 23.4 Å². The number of unbranched alkanes of at least 4 members (excludes halogenated alkanes) is 3. The summed E-state index contributed by atoms with van der Waals surface area (Å²) in [7, 11) is 4.50. The molecule has 0 radical (unpaired) electrons. The van der Waals surface area contributed by atoms with Crippen LogP contribution in [0.4, 0.5) is 5.69 Å². The number of esters is 1. The summed E-state index contributed by atoms with van der Waals surface area (Å²) in [5.41, 5.74) is 3.15. The Morgan fingerprint density at radius 3 is 2.33 bits per heavy atom. The van der Waals surface area contributed by atoms with E-state index in [1.165, 1.54) is 30.2 Å². The summed E-state index contributed by atoms with van der Waals surface area (Å²) >= 11 is 0. The van der Waals surface area contributed by atoms with Gasteiger partial charge in [0.05, 0.1) is 45.6 Å². The average Bonchev–Trinajstić information content (AvgIpc) is 2.92. The molecule has 0 aliphatic rings. The van der Waals surface area contributed by atoms with Crippen LogP contribution in [0, 0.1) is 0 Å². The van der Waals surface area contributed by atoms with E-state index < -0.39 is 0 Å². The van der Waals surface area contributed by atoms with Gasteiger partial charge in [-0.05, 0) is 56.0 Å². The molecule has 208 valence electrons. The van der Waals surface area contributed by atoms with Gasteiger partial charge in [0.2, 0.25) is 11.4 Å². The number of carbonyl (C=O) groups is 2. The lowest BCUT2D eigenvalue weighted by atomic mass is 10.1. The topological polar surface area (TPSA) is 50.5 Å². The van der Waals surface area contributed by atoms with E-state index in [1.807, 2.05) is 49.5 Å². The Balaban J connectivity index is 1.52. The summed E-state index contributed by atoms with van der Waals surface area (Å²) in [4.78, 5) is 25.5. The van der Waals surface area contributed by atoms with Gasteiger partial charge in [0.25, 0.3) is 0 Å². The van der Waals surface area contributed by atoms with Crippen molar-refractivity contribution in [3.05, 3.63) is 78.6 Å². The predicted octanol–water partition coefficient (Wildman–Crippen LogP) is 6.13. The molecule has 6 nitrogen and oxygen atoms in total. The van der Waals surface area contributed by atoms with Crippen molar-refractivity contribution in [3.8, 4) is 0 Å². The number of benzene rings is 2. The number of amides is 1. The molecule has 0 saturated heterocycles. The van der Waals surface area contributed by atoms with Gasteiger partial charge in [-0.2, -0.15) is 4.57 Å². The third-order valence-electron chi connectivity index (χ3n) is 7.10. The molecule has 0 spiro atoms. The van der Waals surface area contributed by atoms with E-state index in [4.69, 9.17) is 4.74 Å². The quantitative estimate of drug-likeness (QED) is 0.103. The number of quaternary nitrogens is 1. The van der Waals surface area contributed by atoms with Crippen molar-refractivity contribution >= 4 is 34.5 Å². The van der Waals surface area contributed by atoms with E-state index in [0.717, 1.165) is 48.2 Å². The van der Waals surface area contributed by atoms with E-state index in [2.05, 4.69) is 55.2 Å². The minimum Gasteiger partial charge on any atom is -0.466 e. The van der Waals surface area contributed by atoms with Crippen LogP contribution in [0.15, 0.2) is 73.1 Å². The number of fused-ring (bicyclic) bond motifs is 1. The molecule has 0 fully saturated rings. The van der Waals surface area contributed by atoms with Gasteiger partial charge in [0, 0.05) is 43.8 Å². The molecule has 0 aliphatic carbocycles. The highest BCUT2D eigenvalue weighted by Gasteiger charge is 2.16. The summed E-state index contributed by atoms with van der Waals surface area (Å²) in [5, 5.41) is 1.18. The lowest BCUT2D eigenvalue weighted by molar-refractivity contribution is -0.890. The average molecular weight is 532 g/mol. The fraction of sp³-hybridized carbons (Fsp3) is 0.424. The fourth-order valence-electron chi connectivity index (χ4n) is 4.94. The van der Waals surface area contributed by atoms with E-state index in [0.29, 0.717) is 13.0 Å². The monoisotopic (exact) mass is 531 g/mol. The van der Waals surface area contributed by atoms with Crippen molar-refractivity contribution in [2.75, 3.05) is 38.7 Å². The molecule has 1 heterocycles. The maximum atomic E-state index is 12.3. The van der Waals surface area contributed by atoms with Gasteiger partial charge in [0.15, 0.2) is 6.20 Å². The fourth-order valence-corrected chi connectivity index (χ4v) is 4.94. The second kappa shape index (κ2) is 15.2. The van der Waals surface area contributed by atoms with Gasteiger partial charge in [-0.15, -0.1) is 0 Å². The summed E-state index contributed by atoms with van der Waals surface area (Å²) in [6.45, 7) is 6.99. The third-order valence-corrected chi connectivity index (χ3v) is 7.10. The zero-order valence-electron chi connectivity index (χ0n) is 24.1. The van der Waals surface area contributed by atoms with Crippen molar-refractivity contribution in [1.82, 2.24) is 0 Å². The molecule has 0 N–H and O–H groups in total. The first kappa shape index (κ1) is 30.0. The van der Waals surface area contributed by atoms with Crippen LogP contribution in [-0.2, 0) is 20.9 Å². The second-order valence-electron chi connectivity index (χ2n) is 10.7. The second-order valence-corrected chi connectivity index (χ2v) is 10.7. The lowest BCUT2D eigenvalue weighted by Crippen LogP contribution is -2.41. The number of pyridine rings is 1. The number of hydrogen-bond acceptors (Lipinski definition) is 3. The van der Waals surface area contributed by atoms with Crippen molar-refractivity contribution in [2.45, 2.75) is 58.9 Å². The number of aryl methyl sites for hydroxylation is 1. The van der Waals surface area contributed by atoms with Gasteiger partial charge in [-0.1, -0.05) is 30.3 Å². The summed E-state index contributed by atoms with van der Waals surface area (Å²) in [5.74, 6) is -0.108.